The maximum absolute atomic E-state index is 12.9. The lowest BCUT2D eigenvalue weighted by molar-refractivity contribution is -0.113. The third-order valence-electron chi connectivity index (χ3n) is 6.17. The molecule has 1 amide bonds. The smallest absolute Gasteiger partial charge is 0.234 e. The Hall–Kier alpha value is -2.02. The quantitative estimate of drug-likeness (QED) is 0.542. The number of nitrogens with zero attached hydrogens (tertiary/aromatic N) is 4. The Balaban J connectivity index is 1.47. The second kappa shape index (κ2) is 9.63. The van der Waals surface area contributed by atoms with E-state index in [0.29, 0.717) is 23.6 Å². The van der Waals surface area contributed by atoms with E-state index >= 15 is 0 Å². The van der Waals surface area contributed by atoms with Crippen LogP contribution in [0, 0.1) is 0 Å². The Bertz CT molecular complexity index is 886. The lowest BCUT2D eigenvalue weighted by atomic mass is 9.92. The fraction of sp³-hybridized carbons (Fsp3) is 0.625. The van der Waals surface area contributed by atoms with Crippen molar-refractivity contribution in [3.8, 4) is 0 Å². The van der Waals surface area contributed by atoms with Crippen LogP contribution in [0.15, 0.2) is 23.4 Å². The molecule has 168 valence electrons. The molecule has 1 aromatic carbocycles. The Kier molecular flexibility index (Phi) is 6.89. The molecule has 2 aromatic rings. The van der Waals surface area contributed by atoms with E-state index in [-0.39, 0.29) is 5.91 Å². The fourth-order valence-corrected chi connectivity index (χ4v) is 5.13. The molecule has 1 saturated carbocycles. The summed E-state index contributed by atoms with van der Waals surface area (Å²) in [5.74, 6) is 2.06. The third kappa shape index (κ3) is 5.08. The highest BCUT2D eigenvalue weighted by Crippen LogP contribution is 2.41. The molecule has 2 fully saturated rings. The van der Waals surface area contributed by atoms with Gasteiger partial charge in [0.25, 0.3) is 0 Å². The van der Waals surface area contributed by atoms with E-state index in [2.05, 4.69) is 70.9 Å². The van der Waals surface area contributed by atoms with Gasteiger partial charge in [0, 0.05) is 24.8 Å². The lowest BCUT2D eigenvalue weighted by Crippen LogP contribution is -2.32. The molecular formula is C24H35N5OS. The molecule has 1 aromatic heterocycles. The Morgan fingerprint density at radius 3 is 2.29 bits per heavy atom. The Morgan fingerprint density at radius 1 is 1.06 bits per heavy atom. The van der Waals surface area contributed by atoms with Crippen LogP contribution < -0.4 is 10.2 Å². The van der Waals surface area contributed by atoms with Gasteiger partial charge in [-0.05, 0) is 55.1 Å². The number of carbonyl (C=O) groups excluding carboxylic acids is 1. The van der Waals surface area contributed by atoms with Crippen molar-refractivity contribution in [2.75, 3.05) is 29.1 Å². The van der Waals surface area contributed by atoms with Crippen LogP contribution in [0.1, 0.15) is 88.8 Å². The topological polar surface area (TPSA) is 63.1 Å². The first-order valence-corrected chi connectivity index (χ1v) is 12.7. The molecule has 0 atom stereocenters. The molecule has 4 rings (SSSR count). The van der Waals surface area contributed by atoms with Crippen LogP contribution in [0.25, 0.3) is 0 Å². The average molecular weight is 442 g/mol. The van der Waals surface area contributed by atoms with Gasteiger partial charge in [-0.15, -0.1) is 10.2 Å². The summed E-state index contributed by atoms with van der Waals surface area (Å²) in [6.07, 6.45) is 6.09. The predicted molar refractivity (Wildman–Crippen MR) is 128 cm³/mol. The van der Waals surface area contributed by atoms with Crippen molar-refractivity contribution < 1.29 is 4.79 Å². The number of amides is 1. The Morgan fingerprint density at radius 2 is 1.71 bits per heavy atom. The van der Waals surface area contributed by atoms with Gasteiger partial charge in [-0.3, -0.25) is 9.36 Å². The standard InChI is InChI=1S/C24H35N5OS/c1-16(2)19-9-8-10-20(17(3)4)22(19)25-21(30)15-31-24-27-26-23(29(24)18-11-12-18)28-13-6-5-7-14-28/h8-10,16-18H,5-7,11-15H2,1-4H3,(H,25,30). The molecule has 0 bridgehead atoms. The van der Waals surface area contributed by atoms with Crippen molar-refractivity contribution >= 4 is 29.3 Å². The molecule has 0 unspecified atom stereocenters. The van der Waals surface area contributed by atoms with E-state index in [9.17, 15) is 4.79 Å². The van der Waals surface area contributed by atoms with Gasteiger partial charge in [-0.2, -0.15) is 0 Å². The number of anilines is 2. The molecule has 7 heteroatoms. The molecule has 2 aliphatic rings. The number of nitrogens with one attached hydrogen (secondary N) is 1. The van der Waals surface area contributed by atoms with Crippen LogP contribution in [-0.4, -0.2) is 39.5 Å². The molecule has 2 heterocycles. The molecule has 0 spiro atoms. The average Bonchev–Trinajstić information content (AvgIpc) is 3.51. The molecule has 1 saturated heterocycles. The van der Waals surface area contributed by atoms with Crippen LogP contribution in [0.2, 0.25) is 0 Å². The van der Waals surface area contributed by atoms with Crippen LogP contribution in [0.5, 0.6) is 0 Å². The van der Waals surface area contributed by atoms with Gasteiger partial charge in [0.2, 0.25) is 11.9 Å². The van der Waals surface area contributed by atoms with Crippen molar-refractivity contribution in [1.82, 2.24) is 14.8 Å². The molecule has 31 heavy (non-hydrogen) atoms. The van der Waals surface area contributed by atoms with E-state index in [4.69, 9.17) is 0 Å². The van der Waals surface area contributed by atoms with Gasteiger partial charge in [-0.1, -0.05) is 57.7 Å². The van der Waals surface area contributed by atoms with E-state index in [1.165, 1.54) is 55.0 Å². The number of hydrogen-bond donors (Lipinski definition) is 1. The van der Waals surface area contributed by atoms with Crippen molar-refractivity contribution in [2.24, 2.45) is 0 Å². The monoisotopic (exact) mass is 441 g/mol. The van der Waals surface area contributed by atoms with Gasteiger partial charge in [-0.25, -0.2) is 0 Å². The highest BCUT2D eigenvalue weighted by molar-refractivity contribution is 7.99. The maximum atomic E-state index is 12.9. The first kappa shape index (κ1) is 22.2. The first-order valence-electron chi connectivity index (χ1n) is 11.7. The first-order chi connectivity index (χ1) is 15.0. The van der Waals surface area contributed by atoms with Crippen molar-refractivity contribution in [1.29, 1.82) is 0 Å². The zero-order chi connectivity index (χ0) is 22.0. The minimum absolute atomic E-state index is 0.0184. The number of piperidine rings is 1. The number of aromatic nitrogens is 3. The molecule has 1 aliphatic heterocycles. The van der Waals surface area contributed by atoms with Gasteiger partial charge in [0.15, 0.2) is 5.16 Å². The van der Waals surface area contributed by atoms with Crippen LogP contribution >= 0.6 is 11.8 Å². The van der Waals surface area contributed by atoms with E-state index < -0.39 is 0 Å². The summed E-state index contributed by atoms with van der Waals surface area (Å²) in [5, 5.41) is 13.1. The number of rotatable bonds is 8. The molecular weight excluding hydrogens is 406 g/mol. The summed E-state index contributed by atoms with van der Waals surface area (Å²) in [7, 11) is 0. The number of benzene rings is 1. The van der Waals surface area contributed by atoms with Crippen LogP contribution in [0.4, 0.5) is 11.6 Å². The van der Waals surface area contributed by atoms with Crippen molar-refractivity contribution in [3.63, 3.8) is 0 Å². The summed E-state index contributed by atoms with van der Waals surface area (Å²) in [6.45, 7) is 10.8. The van der Waals surface area contributed by atoms with E-state index in [0.717, 1.165) is 29.9 Å². The van der Waals surface area contributed by atoms with Gasteiger partial charge < -0.3 is 10.2 Å². The third-order valence-corrected chi connectivity index (χ3v) is 7.11. The van der Waals surface area contributed by atoms with Crippen LogP contribution in [0.3, 0.4) is 0 Å². The maximum Gasteiger partial charge on any atom is 0.234 e. The number of hydrogen-bond acceptors (Lipinski definition) is 5. The van der Waals surface area contributed by atoms with E-state index in [1.54, 1.807) is 0 Å². The predicted octanol–water partition coefficient (Wildman–Crippen LogP) is 5.58. The second-order valence-electron chi connectivity index (χ2n) is 9.39. The van der Waals surface area contributed by atoms with Crippen LogP contribution in [-0.2, 0) is 4.79 Å². The lowest BCUT2D eigenvalue weighted by Gasteiger charge is -2.27. The molecule has 0 radical (unpaired) electrons. The summed E-state index contributed by atoms with van der Waals surface area (Å²) >= 11 is 1.51. The minimum atomic E-state index is 0.0184. The number of carbonyl (C=O) groups is 1. The summed E-state index contributed by atoms with van der Waals surface area (Å²) in [6, 6.07) is 6.82. The zero-order valence-corrected chi connectivity index (χ0v) is 20.0. The van der Waals surface area contributed by atoms with Gasteiger partial charge in [0.05, 0.1) is 5.75 Å². The minimum Gasteiger partial charge on any atom is -0.341 e. The number of para-hydroxylation sites is 1. The van der Waals surface area contributed by atoms with Gasteiger partial charge in [0.1, 0.15) is 0 Å². The molecule has 6 nitrogen and oxygen atoms in total. The Labute approximate surface area is 190 Å². The second-order valence-corrected chi connectivity index (χ2v) is 10.3. The highest BCUT2D eigenvalue weighted by Gasteiger charge is 2.32. The van der Waals surface area contributed by atoms with Gasteiger partial charge >= 0.3 is 0 Å². The highest BCUT2D eigenvalue weighted by atomic mass is 32.2. The summed E-state index contributed by atoms with van der Waals surface area (Å²) in [4.78, 5) is 15.3. The van der Waals surface area contributed by atoms with E-state index in [1.807, 2.05) is 0 Å². The van der Waals surface area contributed by atoms with Crippen molar-refractivity contribution in [3.05, 3.63) is 29.3 Å². The fourth-order valence-electron chi connectivity index (χ4n) is 4.33. The summed E-state index contributed by atoms with van der Waals surface area (Å²) in [5.41, 5.74) is 3.37. The molecule has 1 aliphatic carbocycles. The van der Waals surface area contributed by atoms with Crippen molar-refractivity contribution in [2.45, 2.75) is 82.8 Å². The zero-order valence-electron chi connectivity index (χ0n) is 19.2. The summed E-state index contributed by atoms with van der Waals surface area (Å²) < 4.78 is 2.28. The normalized spacial score (nSPS) is 16.9. The number of thioether (sulfide) groups is 1. The largest absolute Gasteiger partial charge is 0.341 e. The molecule has 1 N–H and O–H groups in total. The SMILES string of the molecule is CC(C)c1cccc(C(C)C)c1NC(=O)CSc1nnc(N2CCCCC2)n1C1CC1.